The number of anilines is 1. The summed E-state index contributed by atoms with van der Waals surface area (Å²) in [6.07, 6.45) is -3.35. The Morgan fingerprint density at radius 2 is 1.91 bits per heavy atom. The summed E-state index contributed by atoms with van der Waals surface area (Å²) < 4.78 is 6.44. The van der Waals surface area contributed by atoms with Gasteiger partial charge in [-0.05, 0) is 5.56 Å². The molecule has 5 N–H and O–H groups in total. The second-order valence-electron chi connectivity index (χ2n) is 5.32. The van der Waals surface area contributed by atoms with E-state index in [2.05, 4.69) is 4.98 Å². The minimum atomic E-state index is -1.36. The highest BCUT2D eigenvalue weighted by Gasteiger charge is 2.43. The van der Waals surface area contributed by atoms with Crippen LogP contribution >= 0.6 is 0 Å². The molecule has 8 heteroatoms. The molecule has 3 rings (SSSR count). The van der Waals surface area contributed by atoms with Crippen molar-refractivity contribution in [1.29, 1.82) is 0 Å². The average molecular weight is 319 g/mol. The van der Waals surface area contributed by atoms with E-state index in [1.807, 2.05) is 18.2 Å². The van der Waals surface area contributed by atoms with Gasteiger partial charge in [0.15, 0.2) is 6.23 Å². The number of rotatable bonds is 3. The number of benzene rings is 1. The summed E-state index contributed by atoms with van der Waals surface area (Å²) in [6.45, 7) is -0.475. The molecule has 8 nitrogen and oxygen atoms in total. The number of aliphatic hydroxyl groups is 3. The maximum absolute atomic E-state index is 12.1. The lowest BCUT2D eigenvalue weighted by Gasteiger charge is -2.18. The highest BCUT2D eigenvalue weighted by atomic mass is 16.6. The minimum Gasteiger partial charge on any atom is -0.394 e. The van der Waals surface area contributed by atoms with Gasteiger partial charge in [-0.3, -0.25) is 4.57 Å². The van der Waals surface area contributed by atoms with Crippen molar-refractivity contribution in [3.8, 4) is 11.1 Å². The third-order valence-corrected chi connectivity index (χ3v) is 3.86. The Kier molecular flexibility index (Phi) is 4.14. The first-order valence-corrected chi connectivity index (χ1v) is 7.09. The summed E-state index contributed by atoms with van der Waals surface area (Å²) in [4.78, 5) is 15.8. The topological polar surface area (TPSA) is 131 Å². The predicted octanol–water partition coefficient (Wildman–Crippen LogP) is -0.896. The SMILES string of the molecule is Nc1nc(=O)n([C@@H]2O[C@H](CO)C(O)C2O)cc1-c1ccccc1. The number of aromatic nitrogens is 2. The Morgan fingerprint density at radius 1 is 1.22 bits per heavy atom. The normalized spacial score (nSPS) is 27.3. The monoisotopic (exact) mass is 319 g/mol. The van der Waals surface area contributed by atoms with Gasteiger partial charge in [0.25, 0.3) is 0 Å². The number of hydrogen-bond donors (Lipinski definition) is 4. The van der Waals surface area contributed by atoms with Crippen LogP contribution < -0.4 is 11.4 Å². The predicted molar refractivity (Wildman–Crippen MR) is 81.4 cm³/mol. The van der Waals surface area contributed by atoms with Gasteiger partial charge in [0.2, 0.25) is 0 Å². The van der Waals surface area contributed by atoms with E-state index < -0.39 is 36.8 Å². The number of aliphatic hydroxyl groups excluding tert-OH is 3. The lowest BCUT2D eigenvalue weighted by molar-refractivity contribution is -0.0548. The summed E-state index contributed by atoms with van der Waals surface area (Å²) in [7, 11) is 0. The molecule has 0 saturated carbocycles. The van der Waals surface area contributed by atoms with Gasteiger partial charge in [-0.15, -0.1) is 0 Å². The molecule has 1 aliphatic heterocycles. The van der Waals surface area contributed by atoms with Crippen molar-refractivity contribution in [2.45, 2.75) is 24.5 Å². The zero-order chi connectivity index (χ0) is 16.6. The Labute approximate surface area is 131 Å². The van der Waals surface area contributed by atoms with Gasteiger partial charge in [-0.25, -0.2) is 4.79 Å². The van der Waals surface area contributed by atoms with Crippen LogP contribution in [0.4, 0.5) is 5.82 Å². The molecule has 0 aliphatic carbocycles. The number of nitrogens with zero attached hydrogens (tertiary/aromatic N) is 2. The van der Waals surface area contributed by atoms with Crippen LogP contribution in [-0.4, -0.2) is 49.8 Å². The smallest absolute Gasteiger partial charge is 0.351 e. The molecule has 2 unspecified atom stereocenters. The highest BCUT2D eigenvalue weighted by Crippen LogP contribution is 2.30. The van der Waals surface area contributed by atoms with Crippen molar-refractivity contribution >= 4 is 5.82 Å². The molecule has 2 heterocycles. The van der Waals surface area contributed by atoms with Gasteiger partial charge in [0.05, 0.1) is 6.61 Å². The highest BCUT2D eigenvalue weighted by molar-refractivity contribution is 5.72. The molecule has 1 aromatic carbocycles. The van der Waals surface area contributed by atoms with E-state index in [4.69, 9.17) is 15.6 Å². The third kappa shape index (κ3) is 2.73. The number of nitrogens with two attached hydrogens (primary N) is 1. The molecule has 0 radical (unpaired) electrons. The van der Waals surface area contributed by atoms with E-state index in [-0.39, 0.29) is 5.82 Å². The van der Waals surface area contributed by atoms with Gasteiger partial charge in [-0.1, -0.05) is 30.3 Å². The summed E-state index contributed by atoms with van der Waals surface area (Å²) in [5.41, 5.74) is 6.36. The molecule has 122 valence electrons. The number of hydrogen-bond acceptors (Lipinski definition) is 7. The first-order valence-electron chi connectivity index (χ1n) is 7.09. The quantitative estimate of drug-likeness (QED) is 0.577. The molecule has 1 aliphatic rings. The van der Waals surface area contributed by atoms with E-state index in [9.17, 15) is 15.0 Å². The van der Waals surface area contributed by atoms with E-state index in [1.165, 1.54) is 6.20 Å². The molecule has 0 amide bonds. The van der Waals surface area contributed by atoms with E-state index in [0.29, 0.717) is 5.56 Å². The average Bonchev–Trinajstić information content (AvgIpc) is 2.84. The fourth-order valence-corrected chi connectivity index (χ4v) is 2.61. The van der Waals surface area contributed by atoms with Crippen LogP contribution in [0.5, 0.6) is 0 Å². The van der Waals surface area contributed by atoms with Crippen molar-refractivity contribution in [2.75, 3.05) is 12.3 Å². The molecule has 1 saturated heterocycles. The summed E-state index contributed by atoms with van der Waals surface area (Å²) >= 11 is 0. The molecular weight excluding hydrogens is 302 g/mol. The van der Waals surface area contributed by atoms with E-state index in [0.717, 1.165) is 10.1 Å². The van der Waals surface area contributed by atoms with Crippen LogP contribution in [0.3, 0.4) is 0 Å². The number of ether oxygens (including phenoxy) is 1. The summed E-state index contributed by atoms with van der Waals surface area (Å²) in [5, 5.41) is 29.0. The summed E-state index contributed by atoms with van der Waals surface area (Å²) in [5.74, 6) is 0.0594. The molecule has 1 aromatic heterocycles. The van der Waals surface area contributed by atoms with Gasteiger partial charge in [0, 0.05) is 11.8 Å². The number of nitrogen functional groups attached to an aromatic ring is 1. The molecule has 1 fully saturated rings. The zero-order valence-corrected chi connectivity index (χ0v) is 12.1. The maximum atomic E-state index is 12.1. The zero-order valence-electron chi connectivity index (χ0n) is 12.1. The molecule has 2 aromatic rings. The lowest BCUT2D eigenvalue weighted by Crippen LogP contribution is -2.36. The van der Waals surface area contributed by atoms with Crippen LogP contribution in [0, 0.1) is 0 Å². The third-order valence-electron chi connectivity index (χ3n) is 3.86. The Morgan fingerprint density at radius 3 is 2.52 bits per heavy atom. The summed E-state index contributed by atoms with van der Waals surface area (Å²) in [6, 6.07) is 9.08. The second-order valence-corrected chi connectivity index (χ2v) is 5.32. The standard InChI is InChI=1S/C15H17N3O5/c16-13-9(8-4-2-1-3-5-8)6-18(15(22)17-13)14-12(21)11(20)10(7-19)23-14/h1-6,10-12,14,19-21H,7H2,(H2,16,17,22)/t10-,11?,12?,14-/m1/s1. The molecule has 0 spiro atoms. The van der Waals surface area contributed by atoms with E-state index >= 15 is 0 Å². The first-order chi connectivity index (χ1) is 11.0. The molecule has 0 bridgehead atoms. The van der Waals surface area contributed by atoms with Crippen LogP contribution in [0.2, 0.25) is 0 Å². The van der Waals surface area contributed by atoms with Crippen molar-refractivity contribution in [3.63, 3.8) is 0 Å². The van der Waals surface area contributed by atoms with Crippen LogP contribution in [0.15, 0.2) is 41.3 Å². The van der Waals surface area contributed by atoms with Crippen molar-refractivity contribution in [3.05, 3.63) is 47.0 Å². The lowest BCUT2D eigenvalue weighted by atomic mass is 10.1. The maximum Gasteiger partial charge on any atom is 0.351 e. The van der Waals surface area contributed by atoms with Crippen LogP contribution in [0.1, 0.15) is 6.23 Å². The van der Waals surface area contributed by atoms with E-state index in [1.54, 1.807) is 12.1 Å². The fraction of sp³-hybridized carbons (Fsp3) is 0.333. The van der Waals surface area contributed by atoms with Crippen molar-refractivity contribution < 1.29 is 20.1 Å². The molecular formula is C15H17N3O5. The minimum absolute atomic E-state index is 0.0594. The van der Waals surface area contributed by atoms with Gasteiger partial charge >= 0.3 is 5.69 Å². The van der Waals surface area contributed by atoms with Crippen molar-refractivity contribution in [1.82, 2.24) is 9.55 Å². The van der Waals surface area contributed by atoms with Gasteiger partial charge < -0.3 is 25.8 Å². The molecule has 23 heavy (non-hydrogen) atoms. The molecule has 4 atom stereocenters. The van der Waals surface area contributed by atoms with Crippen LogP contribution in [-0.2, 0) is 4.74 Å². The fourth-order valence-electron chi connectivity index (χ4n) is 2.61. The van der Waals surface area contributed by atoms with Crippen LogP contribution in [0.25, 0.3) is 11.1 Å². The Balaban J connectivity index is 2.06. The first kappa shape index (κ1) is 15.6. The largest absolute Gasteiger partial charge is 0.394 e. The van der Waals surface area contributed by atoms with Gasteiger partial charge in [-0.2, -0.15) is 4.98 Å². The Bertz CT molecular complexity index is 749. The van der Waals surface area contributed by atoms with Crippen molar-refractivity contribution in [2.24, 2.45) is 0 Å². The second kappa shape index (κ2) is 6.09. The Hall–Kier alpha value is -2.26. The van der Waals surface area contributed by atoms with Gasteiger partial charge in [0.1, 0.15) is 24.1 Å².